The van der Waals surface area contributed by atoms with E-state index < -0.39 is 5.82 Å². The van der Waals surface area contributed by atoms with Gasteiger partial charge >= 0.3 is 0 Å². The Labute approximate surface area is 115 Å². The number of hydrogen-bond donors (Lipinski definition) is 0. The molecule has 2 nitrogen and oxygen atoms in total. The second-order valence-corrected chi connectivity index (χ2v) is 4.38. The Hall–Kier alpha value is -1.71. The van der Waals surface area contributed by atoms with Crippen molar-refractivity contribution in [3.05, 3.63) is 70.5 Å². The summed E-state index contributed by atoms with van der Waals surface area (Å²) >= 11 is 5.73. The molecule has 0 aromatic heterocycles. The number of carbonyl (C=O) groups excluding carboxylic acids is 1. The number of ether oxygens (including phenoxy) is 1. The molecule has 0 aliphatic carbocycles. The van der Waals surface area contributed by atoms with Gasteiger partial charge in [-0.05, 0) is 17.7 Å². The van der Waals surface area contributed by atoms with Crippen LogP contribution in [-0.2, 0) is 11.3 Å². The summed E-state index contributed by atoms with van der Waals surface area (Å²) in [7, 11) is 0. The molecule has 0 heterocycles. The number of halogens is 2. The van der Waals surface area contributed by atoms with Crippen LogP contribution in [0.5, 0.6) is 0 Å². The maximum absolute atomic E-state index is 13.2. The molecule has 4 heteroatoms. The topological polar surface area (TPSA) is 26.3 Å². The van der Waals surface area contributed by atoms with Crippen LogP contribution in [0.25, 0.3) is 0 Å². The van der Waals surface area contributed by atoms with Crippen molar-refractivity contribution in [2.75, 3.05) is 6.61 Å². The molecule has 0 unspecified atom stereocenters. The Morgan fingerprint density at radius 3 is 2.58 bits per heavy atom. The number of hydrogen-bond acceptors (Lipinski definition) is 2. The molecule has 0 aliphatic rings. The maximum atomic E-state index is 13.2. The summed E-state index contributed by atoms with van der Waals surface area (Å²) in [6, 6.07) is 13.6. The summed E-state index contributed by atoms with van der Waals surface area (Å²) < 4.78 is 18.5. The van der Waals surface area contributed by atoms with Gasteiger partial charge in [-0.2, -0.15) is 0 Å². The van der Waals surface area contributed by atoms with Crippen LogP contribution < -0.4 is 0 Å². The lowest BCUT2D eigenvalue weighted by molar-refractivity contribution is 0.0726. The zero-order chi connectivity index (χ0) is 13.7. The van der Waals surface area contributed by atoms with Gasteiger partial charge in [-0.1, -0.05) is 48.0 Å². The molecular weight excluding hydrogens is 267 g/mol. The van der Waals surface area contributed by atoms with Crippen molar-refractivity contribution in [1.82, 2.24) is 0 Å². The van der Waals surface area contributed by atoms with Crippen molar-refractivity contribution in [3.63, 3.8) is 0 Å². The van der Waals surface area contributed by atoms with Crippen LogP contribution in [0.4, 0.5) is 4.39 Å². The van der Waals surface area contributed by atoms with Crippen molar-refractivity contribution >= 4 is 17.4 Å². The number of carbonyl (C=O) groups is 1. The van der Waals surface area contributed by atoms with Crippen LogP contribution in [0.1, 0.15) is 15.9 Å². The molecule has 0 fully saturated rings. The molecule has 0 saturated carbocycles. The van der Waals surface area contributed by atoms with E-state index in [4.69, 9.17) is 16.3 Å². The number of rotatable bonds is 5. The monoisotopic (exact) mass is 278 g/mol. The molecule has 0 spiro atoms. The highest BCUT2D eigenvalue weighted by Crippen LogP contribution is 2.20. The molecule has 19 heavy (non-hydrogen) atoms. The molecule has 2 rings (SSSR count). The molecule has 2 aromatic carbocycles. The normalized spacial score (nSPS) is 10.4. The van der Waals surface area contributed by atoms with E-state index in [-0.39, 0.29) is 23.0 Å². The Morgan fingerprint density at radius 1 is 1.11 bits per heavy atom. The van der Waals surface area contributed by atoms with Gasteiger partial charge in [0.1, 0.15) is 12.4 Å². The van der Waals surface area contributed by atoms with Crippen LogP contribution in [0.3, 0.4) is 0 Å². The third-order valence-corrected chi connectivity index (χ3v) is 2.98. The van der Waals surface area contributed by atoms with E-state index in [1.165, 1.54) is 18.2 Å². The van der Waals surface area contributed by atoms with E-state index in [1.54, 1.807) is 0 Å². The van der Waals surface area contributed by atoms with Gasteiger partial charge in [-0.3, -0.25) is 4.79 Å². The quantitative estimate of drug-likeness (QED) is 0.776. The Morgan fingerprint density at radius 2 is 1.84 bits per heavy atom. The molecular formula is C15H12ClFO2. The van der Waals surface area contributed by atoms with Gasteiger partial charge in [0.15, 0.2) is 5.78 Å². The molecule has 0 radical (unpaired) electrons. The first-order valence-electron chi connectivity index (χ1n) is 5.77. The predicted octanol–water partition coefficient (Wildman–Crippen LogP) is 3.88. The van der Waals surface area contributed by atoms with Gasteiger partial charge in [0, 0.05) is 5.56 Å². The fraction of sp³-hybridized carbons (Fsp3) is 0.133. The smallest absolute Gasteiger partial charge is 0.190 e. The van der Waals surface area contributed by atoms with Gasteiger partial charge in [0.05, 0.1) is 11.6 Å². The van der Waals surface area contributed by atoms with E-state index in [1.807, 2.05) is 30.3 Å². The molecule has 0 N–H and O–H groups in total. The van der Waals surface area contributed by atoms with Gasteiger partial charge in [0.25, 0.3) is 0 Å². The number of Topliss-reactive ketones (excluding diaryl/α,β-unsaturated/α-hetero) is 1. The van der Waals surface area contributed by atoms with E-state index in [9.17, 15) is 9.18 Å². The fourth-order valence-corrected chi connectivity index (χ4v) is 1.86. The lowest BCUT2D eigenvalue weighted by Crippen LogP contribution is -2.10. The minimum absolute atomic E-state index is 0.127. The predicted molar refractivity (Wildman–Crippen MR) is 71.8 cm³/mol. The minimum atomic E-state index is -0.601. The first-order chi connectivity index (χ1) is 9.18. The third-order valence-electron chi connectivity index (χ3n) is 2.60. The summed E-state index contributed by atoms with van der Waals surface area (Å²) in [6.45, 7) is 0.206. The maximum Gasteiger partial charge on any atom is 0.190 e. The van der Waals surface area contributed by atoms with Gasteiger partial charge in [-0.15, -0.1) is 0 Å². The molecule has 0 bridgehead atoms. The summed E-state index contributed by atoms with van der Waals surface area (Å²) in [4.78, 5) is 11.8. The third kappa shape index (κ3) is 3.63. The summed E-state index contributed by atoms with van der Waals surface area (Å²) in [5, 5.41) is -0.157. The number of ketones is 1. The lowest BCUT2D eigenvalue weighted by atomic mass is 10.1. The average molecular weight is 279 g/mol. The first-order valence-corrected chi connectivity index (χ1v) is 6.15. The molecule has 0 atom stereocenters. The summed E-state index contributed by atoms with van der Waals surface area (Å²) in [6.07, 6.45) is 0. The van der Waals surface area contributed by atoms with Crippen molar-refractivity contribution in [2.24, 2.45) is 0 Å². The highest BCUT2D eigenvalue weighted by Gasteiger charge is 2.13. The molecule has 0 aliphatic heterocycles. The van der Waals surface area contributed by atoms with Crippen LogP contribution in [0.2, 0.25) is 5.02 Å². The standard InChI is InChI=1S/C15H12ClFO2/c16-15-12(7-4-8-13(15)17)14(18)10-19-9-11-5-2-1-3-6-11/h1-8H,9-10H2. The van der Waals surface area contributed by atoms with E-state index in [0.717, 1.165) is 5.56 Å². The Bertz CT molecular complexity index is 570. The largest absolute Gasteiger partial charge is 0.369 e. The SMILES string of the molecule is O=C(COCc1ccccc1)c1cccc(F)c1Cl. The Kier molecular flexibility index (Phi) is 4.66. The van der Waals surface area contributed by atoms with Crippen molar-refractivity contribution in [3.8, 4) is 0 Å². The van der Waals surface area contributed by atoms with Crippen molar-refractivity contribution in [1.29, 1.82) is 0 Å². The summed E-state index contributed by atoms with van der Waals surface area (Å²) in [5.41, 5.74) is 1.12. The van der Waals surface area contributed by atoms with E-state index >= 15 is 0 Å². The highest BCUT2D eigenvalue weighted by molar-refractivity contribution is 6.34. The van der Waals surface area contributed by atoms with E-state index in [2.05, 4.69) is 0 Å². The van der Waals surface area contributed by atoms with Gasteiger partial charge < -0.3 is 4.74 Å². The Balaban J connectivity index is 1.93. The molecule has 98 valence electrons. The zero-order valence-corrected chi connectivity index (χ0v) is 10.9. The second kappa shape index (κ2) is 6.45. The van der Waals surface area contributed by atoms with Crippen molar-refractivity contribution < 1.29 is 13.9 Å². The summed E-state index contributed by atoms with van der Waals surface area (Å²) in [5.74, 6) is -0.934. The average Bonchev–Trinajstić information content (AvgIpc) is 2.43. The van der Waals surface area contributed by atoms with Crippen LogP contribution in [-0.4, -0.2) is 12.4 Å². The highest BCUT2D eigenvalue weighted by atomic mass is 35.5. The fourth-order valence-electron chi connectivity index (χ4n) is 1.63. The molecule has 2 aromatic rings. The molecule has 0 amide bonds. The van der Waals surface area contributed by atoms with Crippen LogP contribution in [0.15, 0.2) is 48.5 Å². The zero-order valence-electron chi connectivity index (χ0n) is 10.1. The van der Waals surface area contributed by atoms with Crippen LogP contribution in [0, 0.1) is 5.82 Å². The lowest BCUT2D eigenvalue weighted by Gasteiger charge is -2.06. The second-order valence-electron chi connectivity index (χ2n) is 4.00. The van der Waals surface area contributed by atoms with Crippen LogP contribution >= 0.6 is 11.6 Å². The van der Waals surface area contributed by atoms with E-state index in [0.29, 0.717) is 6.61 Å². The minimum Gasteiger partial charge on any atom is -0.369 e. The van der Waals surface area contributed by atoms with Gasteiger partial charge in [0.2, 0.25) is 0 Å². The van der Waals surface area contributed by atoms with Crippen molar-refractivity contribution in [2.45, 2.75) is 6.61 Å². The first kappa shape index (κ1) is 13.7. The number of benzene rings is 2. The van der Waals surface area contributed by atoms with Gasteiger partial charge in [-0.25, -0.2) is 4.39 Å². The molecule has 0 saturated heterocycles.